The molecule has 5 heteroatoms. The van der Waals surface area contributed by atoms with Crippen LogP contribution in [-0.4, -0.2) is 29.4 Å². The van der Waals surface area contributed by atoms with E-state index in [1.54, 1.807) is 23.9 Å². The Labute approximate surface area is 123 Å². The molecule has 1 rings (SSSR count). The van der Waals surface area contributed by atoms with Crippen LogP contribution in [0.4, 0.5) is 0 Å². The van der Waals surface area contributed by atoms with Crippen molar-refractivity contribution >= 4 is 29.3 Å². The zero-order valence-electron chi connectivity index (χ0n) is 11.3. The van der Waals surface area contributed by atoms with Crippen molar-refractivity contribution in [2.24, 2.45) is 0 Å². The van der Waals surface area contributed by atoms with Crippen LogP contribution in [0.5, 0.6) is 0 Å². The van der Waals surface area contributed by atoms with Crippen LogP contribution >= 0.6 is 23.4 Å². The molecule has 2 N–H and O–H groups in total. The van der Waals surface area contributed by atoms with Crippen LogP contribution in [0.15, 0.2) is 23.1 Å². The molecule has 1 unspecified atom stereocenters. The maximum Gasteiger partial charge on any atom is 0.252 e. The predicted molar refractivity (Wildman–Crippen MR) is 81.1 cm³/mol. The van der Waals surface area contributed by atoms with E-state index in [1.165, 1.54) is 0 Å². The summed E-state index contributed by atoms with van der Waals surface area (Å²) in [5.74, 6) is 0.762. The fourth-order valence-corrected chi connectivity index (χ4v) is 2.57. The standard InChI is InChI=1S/C14H20ClNO2S/c1-3-11(17)7-8-16-14(18)12-9-10(15)5-6-13(12)19-4-2/h5-6,9,11,17H,3-4,7-8H2,1-2H3,(H,16,18). The highest BCUT2D eigenvalue weighted by atomic mass is 35.5. The lowest BCUT2D eigenvalue weighted by atomic mass is 10.2. The number of amides is 1. The molecule has 0 radical (unpaired) electrons. The molecule has 0 spiro atoms. The van der Waals surface area contributed by atoms with Gasteiger partial charge in [-0.3, -0.25) is 4.79 Å². The van der Waals surface area contributed by atoms with Gasteiger partial charge in [-0.1, -0.05) is 25.4 Å². The van der Waals surface area contributed by atoms with Gasteiger partial charge in [0.05, 0.1) is 11.7 Å². The molecule has 106 valence electrons. The second-order valence-electron chi connectivity index (χ2n) is 4.18. The van der Waals surface area contributed by atoms with E-state index in [0.717, 1.165) is 10.6 Å². The minimum atomic E-state index is -0.357. The summed E-state index contributed by atoms with van der Waals surface area (Å²) in [6, 6.07) is 5.34. The lowest BCUT2D eigenvalue weighted by Gasteiger charge is -2.11. The number of aliphatic hydroxyl groups excluding tert-OH is 1. The number of carbonyl (C=O) groups excluding carboxylic acids is 1. The van der Waals surface area contributed by atoms with E-state index in [4.69, 9.17) is 11.6 Å². The monoisotopic (exact) mass is 301 g/mol. The molecule has 19 heavy (non-hydrogen) atoms. The van der Waals surface area contributed by atoms with Crippen molar-refractivity contribution in [3.8, 4) is 0 Å². The average Bonchev–Trinajstić information content (AvgIpc) is 2.40. The zero-order valence-corrected chi connectivity index (χ0v) is 12.9. The Hall–Kier alpha value is -0.710. The largest absolute Gasteiger partial charge is 0.393 e. The average molecular weight is 302 g/mol. The molecule has 0 saturated carbocycles. The fourth-order valence-electron chi connectivity index (χ4n) is 1.61. The number of halogens is 1. The molecule has 0 saturated heterocycles. The van der Waals surface area contributed by atoms with Crippen LogP contribution in [0, 0.1) is 0 Å². The first kappa shape index (κ1) is 16.3. The number of aliphatic hydroxyl groups is 1. The number of rotatable bonds is 7. The molecule has 0 fully saturated rings. The number of carbonyl (C=O) groups is 1. The van der Waals surface area contributed by atoms with E-state index in [2.05, 4.69) is 5.32 Å². The maximum atomic E-state index is 12.1. The maximum absolute atomic E-state index is 12.1. The van der Waals surface area contributed by atoms with Gasteiger partial charge in [0.15, 0.2) is 0 Å². The van der Waals surface area contributed by atoms with Crippen molar-refractivity contribution in [2.75, 3.05) is 12.3 Å². The molecule has 0 aliphatic heterocycles. The van der Waals surface area contributed by atoms with Gasteiger partial charge < -0.3 is 10.4 Å². The van der Waals surface area contributed by atoms with Gasteiger partial charge in [-0.15, -0.1) is 11.8 Å². The molecule has 0 aliphatic rings. The van der Waals surface area contributed by atoms with Crippen molar-refractivity contribution in [3.63, 3.8) is 0 Å². The molecule has 0 aliphatic carbocycles. The summed E-state index contributed by atoms with van der Waals surface area (Å²) < 4.78 is 0. The summed E-state index contributed by atoms with van der Waals surface area (Å²) in [5, 5.41) is 12.8. The molecule has 0 heterocycles. The molecule has 3 nitrogen and oxygen atoms in total. The van der Waals surface area contributed by atoms with Crippen molar-refractivity contribution in [2.45, 2.75) is 37.7 Å². The molecule has 1 aromatic rings. The van der Waals surface area contributed by atoms with Crippen LogP contribution in [0.2, 0.25) is 5.02 Å². The fraction of sp³-hybridized carbons (Fsp3) is 0.500. The smallest absolute Gasteiger partial charge is 0.252 e. The number of benzene rings is 1. The van der Waals surface area contributed by atoms with Crippen LogP contribution < -0.4 is 5.32 Å². The van der Waals surface area contributed by atoms with Crippen LogP contribution in [0.3, 0.4) is 0 Å². The van der Waals surface area contributed by atoms with Crippen LogP contribution in [0.25, 0.3) is 0 Å². The van der Waals surface area contributed by atoms with Gasteiger partial charge in [0, 0.05) is 16.5 Å². The second-order valence-corrected chi connectivity index (χ2v) is 5.92. The lowest BCUT2D eigenvalue weighted by Crippen LogP contribution is -2.27. The normalized spacial score (nSPS) is 12.2. The summed E-state index contributed by atoms with van der Waals surface area (Å²) in [5.41, 5.74) is 0.602. The quantitative estimate of drug-likeness (QED) is 0.759. The van der Waals surface area contributed by atoms with Crippen molar-refractivity contribution < 1.29 is 9.90 Å². The van der Waals surface area contributed by atoms with Crippen LogP contribution in [0.1, 0.15) is 37.0 Å². The van der Waals surface area contributed by atoms with Crippen molar-refractivity contribution in [3.05, 3.63) is 28.8 Å². The topological polar surface area (TPSA) is 49.3 Å². The number of thioether (sulfide) groups is 1. The minimum absolute atomic E-state index is 0.137. The van der Waals surface area contributed by atoms with E-state index >= 15 is 0 Å². The predicted octanol–water partition coefficient (Wildman–Crippen LogP) is 3.34. The Bertz CT molecular complexity index is 426. The SMILES string of the molecule is CCSc1ccc(Cl)cc1C(=O)NCCC(O)CC. The van der Waals surface area contributed by atoms with Gasteiger partial charge in [0.25, 0.3) is 5.91 Å². The molecule has 1 amide bonds. The van der Waals surface area contributed by atoms with Crippen molar-refractivity contribution in [1.82, 2.24) is 5.32 Å². The molecule has 0 bridgehead atoms. The summed E-state index contributed by atoms with van der Waals surface area (Å²) in [6.45, 7) is 4.43. The van der Waals surface area contributed by atoms with Gasteiger partial charge in [-0.05, 0) is 36.8 Å². The molecular weight excluding hydrogens is 282 g/mol. The first-order chi connectivity index (χ1) is 9.08. The highest BCUT2D eigenvalue weighted by Gasteiger charge is 2.12. The number of hydrogen-bond donors (Lipinski definition) is 2. The van der Waals surface area contributed by atoms with E-state index in [0.29, 0.717) is 30.0 Å². The van der Waals surface area contributed by atoms with Crippen LogP contribution in [-0.2, 0) is 0 Å². The lowest BCUT2D eigenvalue weighted by molar-refractivity contribution is 0.0939. The van der Waals surface area contributed by atoms with E-state index in [9.17, 15) is 9.90 Å². The first-order valence-electron chi connectivity index (χ1n) is 6.47. The Morgan fingerprint density at radius 3 is 2.84 bits per heavy atom. The van der Waals surface area contributed by atoms with Gasteiger partial charge >= 0.3 is 0 Å². The second kappa shape index (κ2) is 8.46. The molecule has 1 aromatic carbocycles. The third-order valence-corrected chi connectivity index (χ3v) is 3.91. The Balaban J connectivity index is 2.67. The summed E-state index contributed by atoms with van der Waals surface area (Å²) in [6.07, 6.45) is 0.910. The zero-order chi connectivity index (χ0) is 14.3. The number of hydrogen-bond acceptors (Lipinski definition) is 3. The Kier molecular flexibility index (Phi) is 7.28. The van der Waals surface area contributed by atoms with Gasteiger partial charge in [-0.25, -0.2) is 0 Å². The Morgan fingerprint density at radius 2 is 2.21 bits per heavy atom. The Morgan fingerprint density at radius 1 is 1.47 bits per heavy atom. The number of nitrogens with one attached hydrogen (secondary N) is 1. The van der Waals surface area contributed by atoms with Gasteiger partial charge in [0.1, 0.15) is 0 Å². The summed E-state index contributed by atoms with van der Waals surface area (Å²) >= 11 is 7.55. The first-order valence-corrected chi connectivity index (χ1v) is 7.83. The van der Waals surface area contributed by atoms with Crippen molar-refractivity contribution in [1.29, 1.82) is 0 Å². The highest BCUT2D eigenvalue weighted by molar-refractivity contribution is 7.99. The molecular formula is C14H20ClNO2S. The molecule has 0 aromatic heterocycles. The van der Waals surface area contributed by atoms with E-state index in [-0.39, 0.29) is 12.0 Å². The molecule has 1 atom stereocenters. The van der Waals surface area contributed by atoms with Gasteiger partial charge in [-0.2, -0.15) is 0 Å². The van der Waals surface area contributed by atoms with E-state index in [1.807, 2.05) is 19.9 Å². The summed E-state index contributed by atoms with van der Waals surface area (Å²) in [7, 11) is 0. The third-order valence-electron chi connectivity index (χ3n) is 2.72. The van der Waals surface area contributed by atoms with E-state index < -0.39 is 0 Å². The highest BCUT2D eigenvalue weighted by Crippen LogP contribution is 2.25. The summed E-state index contributed by atoms with van der Waals surface area (Å²) in [4.78, 5) is 13.0. The minimum Gasteiger partial charge on any atom is -0.393 e. The third kappa shape index (κ3) is 5.43. The van der Waals surface area contributed by atoms with Gasteiger partial charge in [0.2, 0.25) is 0 Å².